The molecule has 0 amide bonds. The van der Waals surface area contributed by atoms with Crippen molar-refractivity contribution >= 4 is 0 Å². The molecular weight excluding hydrogens is 148 g/mol. The van der Waals surface area contributed by atoms with Crippen LogP contribution in [-0.4, -0.2) is 18.6 Å². The summed E-state index contributed by atoms with van der Waals surface area (Å²) in [6.07, 6.45) is 4.63. The maximum Gasteiger partial charge on any atom is 0.0417 e. The van der Waals surface area contributed by atoms with Crippen molar-refractivity contribution in [3.63, 3.8) is 0 Å². The normalized spacial score (nSPS) is 29.8. The van der Waals surface area contributed by atoms with E-state index < -0.39 is 0 Å². The molecule has 1 atom stereocenters. The number of hydrogen-bond donors (Lipinski definition) is 2. The summed E-state index contributed by atoms with van der Waals surface area (Å²) in [6.45, 7) is 8.76. The zero-order valence-corrected chi connectivity index (χ0v) is 8.41. The zero-order valence-electron chi connectivity index (χ0n) is 8.41. The Morgan fingerprint density at radius 2 is 2.25 bits per heavy atom. The molecule has 1 heterocycles. The predicted octanol–water partition coefficient (Wildman–Crippen LogP) is 1.64. The van der Waals surface area contributed by atoms with Crippen LogP contribution in [0.3, 0.4) is 0 Å². The maximum absolute atomic E-state index is 3.51. The Kier molecular flexibility index (Phi) is 3.15. The molecule has 0 aromatic carbocycles. The summed E-state index contributed by atoms with van der Waals surface area (Å²) in [4.78, 5) is 0. The van der Waals surface area contributed by atoms with Crippen molar-refractivity contribution in [3.8, 4) is 0 Å². The summed E-state index contributed by atoms with van der Waals surface area (Å²) >= 11 is 0. The van der Waals surface area contributed by atoms with E-state index in [1.165, 1.54) is 25.0 Å². The van der Waals surface area contributed by atoms with E-state index in [-0.39, 0.29) is 0 Å². The Hall–Kier alpha value is -0.500. The van der Waals surface area contributed by atoms with Gasteiger partial charge in [-0.05, 0) is 45.0 Å². The molecule has 0 aromatic rings. The Balaban J connectivity index is 2.53. The van der Waals surface area contributed by atoms with Gasteiger partial charge in [0.1, 0.15) is 0 Å². The fourth-order valence-electron chi connectivity index (χ4n) is 1.74. The highest BCUT2D eigenvalue weighted by molar-refractivity contribution is 5.21. The van der Waals surface area contributed by atoms with E-state index >= 15 is 0 Å². The minimum Gasteiger partial charge on any atom is -0.391 e. The van der Waals surface area contributed by atoms with Crippen molar-refractivity contribution in [2.45, 2.75) is 39.2 Å². The first kappa shape index (κ1) is 9.59. The molecule has 1 fully saturated rings. The molecule has 0 saturated carbocycles. The molecule has 1 rings (SSSR count). The highest BCUT2D eigenvalue weighted by Gasteiger charge is 2.35. The Labute approximate surface area is 75.4 Å². The van der Waals surface area contributed by atoms with Gasteiger partial charge in [0.2, 0.25) is 0 Å². The van der Waals surface area contributed by atoms with E-state index in [2.05, 4.69) is 37.6 Å². The van der Waals surface area contributed by atoms with Gasteiger partial charge in [-0.15, -0.1) is 0 Å². The smallest absolute Gasteiger partial charge is 0.0417 e. The molecule has 2 nitrogen and oxygen atoms in total. The zero-order chi connectivity index (χ0) is 9.03. The van der Waals surface area contributed by atoms with Gasteiger partial charge in [-0.25, -0.2) is 0 Å². The summed E-state index contributed by atoms with van der Waals surface area (Å²) in [5.41, 5.74) is 1.76. The lowest BCUT2D eigenvalue weighted by Crippen LogP contribution is -2.57. The van der Waals surface area contributed by atoms with Crippen LogP contribution in [0.2, 0.25) is 0 Å². The monoisotopic (exact) mass is 168 g/mol. The minimum atomic E-state index is 0.322. The molecule has 0 aromatic heterocycles. The third kappa shape index (κ3) is 1.63. The van der Waals surface area contributed by atoms with Crippen LogP contribution in [0.1, 0.15) is 33.6 Å². The van der Waals surface area contributed by atoms with Crippen molar-refractivity contribution in [1.29, 1.82) is 0 Å². The van der Waals surface area contributed by atoms with E-state index in [9.17, 15) is 0 Å². The first-order chi connectivity index (χ1) is 5.75. The second-order valence-electron chi connectivity index (χ2n) is 3.50. The second kappa shape index (κ2) is 3.94. The standard InChI is InChI=1S/C10H20N2/c1-4-10(6-7-12-10)9(3)8-11-5-2/h8,11-12H,4-7H2,1-3H3/b9-8+. The largest absolute Gasteiger partial charge is 0.391 e. The Morgan fingerprint density at radius 1 is 1.58 bits per heavy atom. The highest BCUT2D eigenvalue weighted by Crippen LogP contribution is 2.30. The summed E-state index contributed by atoms with van der Waals surface area (Å²) in [6, 6.07) is 0. The fourth-order valence-corrected chi connectivity index (χ4v) is 1.74. The average Bonchev–Trinajstić information content (AvgIpc) is 2.00. The van der Waals surface area contributed by atoms with Crippen LogP contribution in [0.25, 0.3) is 0 Å². The summed E-state index contributed by atoms with van der Waals surface area (Å²) in [7, 11) is 0. The van der Waals surface area contributed by atoms with Gasteiger partial charge in [0.05, 0.1) is 0 Å². The molecule has 12 heavy (non-hydrogen) atoms. The van der Waals surface area contributed by atoms with Gasteiger partial charge in [-0.2, -0.15) is 0 Å². The van der Waals surface area contributed by atoms with Crippen molar-refractivity contribution in [3.05, 3.63) is 11.8 Å². The van der Waals surface area contributed by atoms with Crippen molar-refractivity contribution in [2.75, 3.05) is 13.1 Å². The van der Waals surface area contributed by atoms with Crippen LogP contribution in [0, 0.1) is 0 Å². The number of rotatable bonds is 4. The van der Waals surface area contributed by atoms with Crippen LogP contribution >= 0.6 is 0 Å². The summed E-state index contributed by atoms with van der Waals surface area (Å²) in [5.74, 6) is 0. The lowest BCUT2D eigenvalue weighted by atomic mass is 9.79. The van der Waals surface area contributed by atoms with E-state index in [4.69, 9.17) is 0 Å². The van der Waals surface area contributed by atoms with Crippen molar-refractivity contribution in [2.24, 2.45) is 0 Å². The van der Waals surface area contributed by atoms with E-state index in [0.717, 1.165) is 6.54 Å². The first-order valence-corrected chi connectivity index (χ1v) is 4.91. The maximum atomic E-state index is 3.51. The van der Waals surface area contributed by atoms with Crippen LogP contribution in [0.4, 0.5) is 0 Å². The van der Waals surface area contributed by atoms with Gasteiger partial charge in [0, 0.05) is 12.1 Å². The average molecular weight is 168 g/mol. The molecule has 2 heteroatoms. The van der Waals surface area contributed by atoms with Gasteiger partial charge in [0.25, 0.3) is 0 Å². The molecular formula is C10H20N2. The van der Waals surface area contributed by atoms with Crippen LogP contribution in [0.15, 0.2) is 11.8 Å². The van der Waals surface area contributed by atoms with Gasteiger partial charge >= 0.3 is 0 Å². The van der Waals surface area contributed by atoms with E-state index in [1.807, 2.05) is 0 Å². The van der Waals surface area contributed by atoms with Crippen molar-refractivity contribution < 1.29 is 0 Å². The molecule has 2 N–H and O–H groups in total. The van der Waals surface area contributed by atoms with Gasteiger partial charge in [0.15, 0.2) is 0 Å². The molecule has 1 saturated heterocycles. The number of nitrogens with one attached hydrogen (secondary N) is 2. The molecule has 0 aliphatic carbocycles. The lowest BCUT2D eigenvalue weighted by Gasteiger charge is -2.44. The SMILES string of the molecule is CCN/C=C(\C)C1(CC)CCN1. The molecule has 1 aliphatic heterocycles. The molecule has 0 spiro atoms. The van der Waals surface area contributed by atoms with Crippen LogP contribution in [-0.2, 0) is 0 Å². The molecule has 0 radical (unpaired) electrons. The lowest BCUT2D eigenvalue weighted by molar-refractivity contribution is 0.245. The van der Waals surface area contributed by atoms with Crippen molar-refractivity contribution in [1.82, 2.24) is 10.6 Å². The van der Waals surface area contributed by atoms with Crippen LogP contribution in [0.5, 0.6) is 0 Å². The van der Waals surface area contributed by atoms with E-state index in [0.29, 0.717) is 5.54 Å². The Morgan fingerprint density at radius 3 is 2.58 bits per heavy atom. The predicted molar refractivity (Wildman–Crippen MR) is 53.1 cm³/mol. The molecule has 0 bridgehead atoms. The topological polar surface area (TPSA) is 24.1 Å². The summed E-state index contributed by atoms with van der Waals surface area (Å²) < 4.78 is 0. The Bertz CT molecular complexity index is 163. The van der Waals surface area contributed by atoms with E-state index in [1.54, 1.807) is 0 Å². The third-order valence-corrected chi connectivity index (χ3v) is 2.90. The van der Waals surface area contributed by atoms with Gasteiger partial charge in [-0.1, -0.05) is 6.92 Å². The number of hydrogen-bond acceptors (Lipinski definition) is 2. The van der Waals surface area contributed by atoms with Gasteiger partial charge in [-0.3, -0.25) is 0 Å². The summed E-state index contributed by atoms with van der Waals surface area (Å²) in [5, 5.41) is 6.76. The minimum absolute atomic E-state index is 0.322. The molecule has 70 valence electrons. The molecule has 1 unspecified atom stereocenters. The quantitative estimate of drug-likeness (QED) is 0.667. The van der Waals surface area contributed by atoms with Gasteiger partial charge < -0.3 is 10.6 Å². The highest BCUT2D eigenvalue weighted by atomic mass is 15.1. The third-order valence-electron chi connectivity index (χ3n) is 2.90. The second-order valence-corrected chi connectivity index (χ2v) is 3.50. The fraction of sp³-hybridized carbons (Fsp3) is 0.800. The molecule has 1 aliphatic rings. The van der Waals surface area contributed by atoms with Crippen LogP contribution < -0.4 is 10.6 Å². The first-order valence-electron chi connectivity index (χ1n) is 4.91.